The molecule has 0 amide bonds. The molecular weight excluding hydrogens is 91.9 g/mol. The van der Waals surface area contributed by atoms with Crippen molar-refractivity contribution in [2.24, 2.45) is 0 Å². The molecule has 0 aromatic rings. The molecular formula is C2H4B3Cl. The maximum Gasteiger partial charge on any atom is 0.0560 e. The molecule has 6 heavy (non-hydrogen) atoms. The van der Waals surface area contributed by atoms with Gasteiger partial charge in [-0.2, -0.15) is 0 Å². The molecule has 0 unspecified atom stereocenters. The lowest BCUT2D eigenvalue weighted by molar-refractivity contribution is 1.48. The van der Waals surface area contributed by atoms with Gasteiger partial charge >= 0.3 is 0 Å². The van der Waals surface area contributed by atoms with Gasteiger partial charge in [-0.05, 0) is 0 Å². The Labute approximate surface area is 46.5 Å². The van der Waals surface area contributed by atoms with Gasteiger partial charge in [0.15, 0.2) is 0 Å². The largest absolute Gasteiger partial charge is 0.128 e. The minimum Gasteiger partial charge on any atom is -0.128 e. The summed E-state index contributed by atoms with van der Waals surface area (Å²) >= 11 is 5.27. The molecule has 0 N–H and O–H groups in total. The van der Waals surface area contributed by atoms with Crippen LogP contribution in [0.1, 0.15) is 0 Å². The molecule has 0 heterocycles. The first kappa shape index (κ1) is 6.48. The summed E-state index contributed by atoms with van der Waals surface area (Å²) in [6.45, 7) is 0. The first-order chi connectivity index (χ1) is 2.91. The summed E-state index contributed by atoms with van der Waals surface area (Å²) < 4.78 is 0. The summed E-state index contributed by atoms with van der Waals surface area (Å²) in [7, 11) is 8.30. The summed E-state index contributed by atoms with van der Waals surface area (Å²) in [5.41, 5.74) is 0. The predicted molar refractivity (Wildman–Crippen MR) is 32.8 cm³/mol. The highest BCUT2D eigenvalue weighted by Gasteiger charge is 1.80. The zero-order valence-electron chi connectivity index (χ0n) is 3.52. The summed E-state index contributed by atoms with van der Waals surface area (Å²) in [5.74, 6) is 0.660. The highest BCUT2D eigenvalue weighted by atomic mass is 35.5. The lowest BCUT2D eigenvalue weighted by Crippen LogP contribution is -2.01. The molecule has 0 saturated carbocycles. The van der Waals surface area contributed by atoms with E-state index in [0.717, 1.165) is 6.32 Å². The molecule has 0 nitrogen and oxygen atoms in total. The van der Waals surface area contributed by atoms with Crippen LogP contribution in [0.5, 0.6) is 0 Å². The normalized spacial score (nSPS) is 7.50. The third-order valence-corrected chi connectivity index (χ3v) is 0.630. The Morgan fingerprint density at radius 2 is 2.33 bits per heavy atom. The van der Waals surface area contributed by atoms with E-state index in [1.54, 1.807) is 0 Å². The first-order valence-electron chi connectivity index (χ1n) is 1.84. The van der Waals surface area contributed by atoms with E-state index < -0.39 is 0 Å². The van der Waals surface area contributed by atoms with Crippen molar-refractivity contribution in [1.29, 1.82) is 0 Å². The molecule has 28 valence electrons. The molecule has 4 heteroatoms. The first-order valence-corrected chi connectivity index (χ1v) is 2.38. The van der Waals surface area contributed by atoms with Crippen molar-refractivity contribution in [3.8, 4) is 0 Å². The van der Waals surface area contributed by atoms with Gasteiger partial charge < -0.3 is 0 Å². The monoisotopic (exact) mass is 96.0 g/mol. The number of rotatable bonds is 3. The van der Waals surface area contributed by atoms with Gasteiger partial charge in [0.25, 0.3) is 0 Å². The molecule has 0 aliphatic carbocycles. The smallest absolute Gasteiger partial charge is 0.0560 e. The fourth-order valence-electron chi connectivity index (χ4n) is 0.159. The van der Waals surface area contributed by atoms with Crippen molar-refractivity contribution in [1.82, 2.24) is 0 Å². The van der Waals surface area contributed by atoms with E-state index in [9.17, 15) is 0 Å². The standard InChI is InChI=1S/C2H4B3Cl/c3-5-4-1-2-6/h1-2H2. The second-order valence-electron chi connectivity index (χ2n) is 0.906. The van der Waals surface area contributed by atoms with Crippen molar-refractivity contribution in [2.75, 3.05) is 5.88 Å². The van der Waals surface area contributed by atoms with Crippen LogP contribution >= 0.6 is 11.6 Å². The maximum absolute atomic E-state index is 5.27. The Morgan fingerprint density at radius 3 is 2.50 bits per heavy atom. The fourth-order valence-corrected chi connectivity index (χ4v) is 0.285. The average Bonchev–Trinajstić information content (AvgIpc) is 1.61. The number of alkyl halides is 1. The van der Waals surface area contributed by atoms with Crippen LogP contribution in [0.15, 0.2) is 0 Å². The van der Waals surface area contributed by atoms with Gasteiger partial charge in [-0.3, -0.25) is 0 Å². The lowest BCUT2D eigenvalue weighted by atomic mass is 9.27. The minimum absolute atomic E-state index is 0.660. The molecule has 0 saturated heterocycles. The molecule has 0 aliphatic heterocycles. The SMILES string of the molecule is [B][B][B]CCCl. The van der Waals surface area contributed by atoms with Crippen LogP contribution in [0.2, 0.25) is 6.32 Å². The maximum atomic E-state index is 5.27. The Balaban J connectivity index is 2.34. The molecule has 0 bridgehead atoms. The second kappa shape index (κ2) is 5.48. The van der Waals surface area contributed by atoms with Crippen LogP contribution in [0.3, 0.4) is 0 Å². The topological polar surface area (TPSA) is 0 Å². The van der Waals surface area contributed by atoms with E-state index in [1.165, 1.54) is 7.06 Å². The Kier molecular flexibility index (Phi) is 5.93. The molecule has 0 spiro atoms. The van der Waals surface area contributed by atoms with Crippen molar-refractivity contribution < 1.29 is 0 Å². The molecule has 0 atom stereocenters. The highest BCUT2D eigenvalue weighted by Crippen LogP contribution is 1.79. The van der Waals surface area contributed by atoms with Crippen LogP contribution in [-0.2, 0) is 0 Å². The third kappa shape index (κ3) is 4.48. The zero-order valence-corrected chi connectivity index (χ0v) is 4.28. The van der Waals surface area contributed by atoms with E-state index in [1.807, 2.05) is 7.17 Å². The molecule has 4 radical (unpaired) electrons. The Bertz CT molecular complexity index is 20.8. The Hall–Kier alpha value is 0.485. The molecule has 0 rings (SSSR count). The van der Waals surface area contributed by atoms with Crippen LogP contribution in [0.25, 0.3) is 0 Å². The van der Waals surface area contributed by atoms with Crippen LogP contribution in [0, 0.1) is 0 Å². The van der Waals surface area contributed by atoms with Gasteiger partial charge in [0.1, 0.15) is 0 Å². The van der Waals surface area contributed by atoms with E-state index in [-0.39, 0.29) is 0 Å². The lowest BCUT2D eigenvalue weighted by Gasteiger charge is -1.81. The Morgan fingerprint density at radius 1 is 1.67 bits per heavy atom. The van der Waals surface area contributed by atoms with E-state index >= 15 is 0 Å². The second-order valence-corrected chi connectivity index (χ2v) is 1.28. The third-order valence-electron chi connectivity index (χ3n) is 0.412. The summed E-state index contributed by atoms with van der Waals surface area (Å²) in [6.07, 6.45) is 0.873. The van der Waals surface area contributed by atoms with Gasteiger partial charge in [0, 0.05) is 20.7 Å². The summed E-state index contributed by atoms with van der Waals surface area (Å²) in [4.78, 5) is 0. The fraction of sp³-hybridized carbons (Fsp3) is 1.00. The number of halogens is 1. The van der Waals surface area contributed by atoms with Crippen molar-refractivity contribution >= 4 is 33.6 Å². The molecule has 0 aromatic heterocycles. The summed E-state index contributed by atoms with van der Waals surface area (Å²) in [5, 5.41) is 0. The van der Waals surface area contributed by atoms with Crippen LogP contribution in [0.4, 0.5) is 0 Å². The van der Waals surface area contributed by atoms with Crippen LogP contribution < -0.4 is 0 Å². The van der Waals surface area contributed by atoms with Crippen molar-refractivity contribution in [3.05, 3.63) is 0 Å². The minimum atomic E-state index is 0.660. The van der Waals surface area contributed by atoms with Crippen molar-refractivity contribution in [3.63, 3.8) is 0 Å². The van der Waals surface area contributed by atoms with Gasteiger partial charge in [-0.15, -0.1) is 11.6 Å². The molecule has 0 aliphatic rings. The quantitative estimate of drug-likeness (QED) is 0.264. The van der Waals surface area contributed by atoms with E-state index in [0.29, 0.717) is 5.88 Å². The molecule has 0 fully saturated rings. The predicted octanol–water partition coefficient (Wildman–Crippen LogP) is 0.0504. The van der Waals surface area contributed by atoms with Gasteiger partial charge in [-0.25, -0.2) is 0 Å². The van der Waals surface area contributed by atoms with E-state index in [4.69, 9.17) is 19.3 Å². The summed E-state index contributed by atoms with van der Waals surface area (Å²) in [6, 6.07) is 0. The van der Waals surface area contributed by atoms with Gasteiger partial charge in [0.05, 0.1) is 7.17 Å². The zero-order chi connectivity index (χ0) is 4.83. The van der Waals surface area contributed by atoms with Gasteiger partial charge in [-0.1, -0.05) is 6.32 Å². The highest BCUT2D eigenvalue weighted by molar-refractivity contribution is 7.23. The van der Waals surface area contributed by atoms with Gasteiger partial charge in [0.2, 0.25) is 0 Å². The average molecular weight is 95.9 g/mol. The molecule has 0 aromatic carbocycles. The van der Waals surface area contributed by atoms with Crippen LogP contribution in [-0.4, -0.2) is 27.8 Å². The van der Waals surface area contributed by atoms with E-state index in [2.05, 4.69) is 0 Å². The number of hydrogen-bond donors (Lipinski definition) is 0. The van der Waals surface area contributed by atoms with Crippen molar-refractivity contribution in [2.45, 2.75) is 6.32 Å². The number of hydrogen-bond acceptors (Lipinski definition) is 0.